The SMILES string of the molecule is C=C(C)CNCc1ccc(C(=O)OC)[nH]1. The number of hydrogen-bond acceptors (Lipinski definition) is 3. The molecule has 4 nitrogen and oxygen atoms in total. The molecule has 1 aromatic heterocycles. The standard InChI is InChI=1S/C11H16N2O2/c1-8(2)6-12-7-9-4-5-10(13-9)11(14)15-3/h4-5,12-13H,1,6-7H2,2-3H3. The smallest absolute Gasteiger partial charge is 0.354 e. The molecule has 15 heavy (non-hydrogen) atoms. The number of nitrogens with one attached hydrogen (secondary N) is 2. The summed E-state index contributed by atoms with van der Waals surface area (Å²) in [5.74, 6) is -0.346. The third kappa shape index (κ3) is 3.59. The number of aromatic amines is 1. The number of aromatic nitrogens is 1. The van der Waals surface area contributed by atoms with E-state index in [9.17, 15) is 4.79 Å². The molecular weight excluding hydrogens is 192 g/mol. The van der Waals surface area contributed by atoms with E-state index < -0.39 is 0 Å². The lowest BCUT2D eigenvalue weighted by molar-refractivity contribution is 0.0594. The van der Waals surface area contributed by atoms with Gasteiger partial charge in [-0.05, 0) is 19.1 Å². The van der Waals surface area contributed by atoms with Crippen LogP contribution in [0, 0.1) is 0 Å². The molecule has 0 saturated heterocycles. The van der Waals surface area contributed by atoms with Gasteiger partial charge in [0.1, 0.15) is 5.69 Å². The first-order valence-electron chi connectivity index (χ1n) is 4.74. The number of esters is 1. The Bertz CT molecular complexity index is 355. The lowest BCUT2D eigenvalue weighted by Crippen LogP contribution is -2.15. The molecule has 1 heterocycles. The quantitative estimate of drug-likeness (QED) is 0.569. The minimum absolute atomic E-state index is 0.346. The zero-order chi connectivity index (χ0) is 11.3. The summed E-state index contributed by atoms with van der Waals surface area (Å²) in [6.07, 6.45) is 0. The molecule has 0 unspecified atom stereocenters. The van der Waals surface area contributed by atoms with E-state index in [1.54, 1.807) is 6.07 Å². The highest BCUT2D eigenvalue weighted by Gasteiger charge is 2.07. The zero-order valence-electron chi connectivity index (χ0n) is 9.09. The van der Waals surface area contributed by atoms with Crippen molar-refractivity contribution in [1.29, 1.82) is 0 Å². The van der Waals surface area contributed by atoms with Crippen LogP contribution in [0.3, 0.4) is 0 Å². The van der Waals surface area contributed by atoms with Crippen molar-refractivity contribution in [3.05, 3.63) is 35.7 Å². The maximum atomic E-state index is 11.1. The molecule has 82 valence electrons. The average molecular weight is 208 g/mol. The third-order valence-electron chi connectivity index (χ3n) is 1.89. The zero-order valence-corrected chi connectivity index (χ0v) is 9.09. The Kier molecular flexibility index (Phi) is 4.12. The summed E-state index contributed by atoms with van der Waals surface area (Å²) in [6, 6.07) is 3.57. The lowest BCUT2D eigenvalue weighted by Gasteiger charge is -2.01. The highest BCUT2D eigenvalue weighted by Crippen LogP contribution is 2.03. The number of carbonyl (C=O) groups excluding carboxylic acids is 1. The highest BCUT2D eigenvalue weighted by atomic mass is 16.5. The van der Waals surface area contributed by atoms with Crippen LogP contribution in [0.1, 0.15) is 23.1 Å². The van der Waals surface area contributed by atoms with E-state index >= 15 is 0 Å². The molecule has 0 aromatic carbocycles. The summed E-state index contributed by atoms with van der Waals surface area (Å²) in [5.41, 5.74) is 2.51. The van der Waals surface area contributed by atoms with Gasteiger partial charge < -0.3 is 15.0 Å². The van der Waals surface area contributed by atoms with Gasteiger partial charge in [0.2, 0.25) is 0 Å². The van der Waals surface area contributed by atoms with Crippen molar-refractivity contribution in [3.63, 3.8) is 0 Å². The molecule has 0 saturated carbocycles. The fourth-order valence-corrected chi connectivity index (χ4v) is 1.18. The summed E-state index contributed by atoms with van der Waals surface area (Å²) in [4.78, 5) is 14.1. The predicted octanol–water partition coefficient (Wildman–Crippen LogP) is 1.47. The Morgan fingerprint density at radius 3 is 2.93 bits per heavy atom. The van der Waals surface area contributed by atoms with Gasteiger partial charge in [-0.2, -0.15) is 0 Å². The topological polar surface area (TPSA) is 54.1 Å². The molecule has 0 aliphatic heterocycles. The molecule has 0 radical (unpaired) electrons. The van der Waals surface area contributed by atoms with Gasteiger partial charge in [-0.3, -0.25) is 0 Å². The van der Waals surface area contributed by atoms with E-state index in [2.05, 4.69) is 21.6 Å². The normalized spacial score (nSPS) is 10.0. The van der Waals surface area contributed by atoms with Gasteiger partial charge in [0.25, 0.3) is 0 Å². The van der Waals surface area contributed by atoms with E-state index in [-0.39, 0.29) is 5.97 Å². The number of hydrogen-bond donors (Lipinski definition) is 2. The van der Waals surface area contributed by atoms with Crippen LogP contribution in [0.2, 0.25) is 0 Å². The molecule has 0 bridgehead atoms. The monoisotopic (exact) mass is 208 g/mol. The van der Waals surface area contributed by atoms with E-state index in [4.69, 9.17) is 0 Å². The molecule has 0 fully saturated rings. The van der Waals surface area contributed by atoms with Gasteiger partial charge in [-0.1, -0.05) is 12.2 Å². The van der Waals surface area contributed by atoms with Crippen LogP contribution in [-0.4, -0.2) is 24.6 Å². The summed E-state index contributed by atoms with van der Waals surface area (Å²) in [6.45, 7) is 7.20. The maximum Gasteiger partial charge on any atom is 0.354 e. The van der Waals surface area contributed by atoms with Crippen molar-refractivity contribution in [2.75, 3.05) is 13.7 Å². The van der Waals surface area contributed by atoms with Crippen molar-refractivity contribution >= 4 is 5.97 Å². The van der Waals surface area contributed by atoms with E-state index in [1.165, 1.54) is 7.11 Å². The summed E-state index contributed by atoms with van der Waals surface area (Å²) < 4.78 is 4.59. The average Bonchev–Trinajstić information content (AvgIpc) is 2.65. The van der Waals surface area contributed by atoms with E-state index in [1.807, 2.05) is 13.0 Å². The fourth-order valence-electron chi connectivity index (χ4n) is 1.18. The van der Waals surface area contributed by atoms with Crippen LogP contribution in [0.25, 0.3) is 0 Å². The Balaban J connectivity index is 2.46. The fraction of sp³-hybridized carbons (Fsp3) is 0.364. The second kappa shape index (κ2) is 5.36. The number of ether oxygens (including phenoxy) is 1. The van der Waals surface area contributed by atoms with Gasteiger partial charge in [0, 0.05) is 18.8 Å². The Morgan fingerprint density at radius 1 is 1.60 bits per heavy atom. The number of methoxy groups -OCH3 is 1. The second-order valence-electron chi connectivity index (χ2n) is 3.45. The largest absolute Gasteiger partial charge is 0.464 e. The molecule has 0 atom stereocenters. The van der Waals surface area contributed by atoms with Crippen LogP contribution in [0.4, 0.5) is 0 Å². The number of H-pyrrole nitrogens is 1. The van der Waals surface area contributed by atoms with Crippen LogP contribution in [-0.2, 0) is 11.3 Å². The minimum Gasteiger partial charge on any atom is -0.464 e. The molecule has 4 heteroatoms. The van der Waals surface area contributed by atoms with Gasteiger partial charge in [0.15, 0.2) is 0 Å². The van der Waals surface area contributed by atoms with Crippen LogP contribution in [0.5, 0.6) is 0 Å². The number of rotatable bonds is 5. The molecule has 0 aliphatic carbocycles. The molecule has 1 rings (SSSR count). The second-order valence-corrected chi connectivity index (χ2v) is 3.45. The van der Waals surface area contributed by atoms with Gasteiger partial charge in [-0.15, -0.1) is 0 Å². The van der Waals surface area contributed by atoms with Crippen LogP contribution in [0.15, 0.2) is 24.3 Å². The molecule has 2 N–H and O–H groups in total. The summed E-state index contributed by atoms with van der Waals surface area (Å²) in [5, 5.41) is 3.19. The van der Waals surface area contributed by atoms with Crippen LogP contribution < -0.4 is 5.32 Å². The van der Waals surface area contributed by atoms with E-state index in [0.29, 0.717) is 12.2 Å². The van der Waals surface area contributed by atoms with Crippen molar-refractivity contribution in [2.45, 2.75) is 13.5 Å². The first-order chi connectivity index (χ1) is 7.13. The third-order valence-corrected chi connectivity index (χ3v) is 1.89. The molecule has 0 aliphatic rings. The molecule has 0 spiro atoms. The first kappa shape index (κ1) is 11.5. The Morgan fingerprint density at radius 2 is 2.33 bits per heavy atom. The van der Waals surface area contributed by atoms with Gasteiger partial charge >= 0.3 is 5.97 Å². The number of carbonyl (C=O) groups is 1. The van der Waals surface area contributed by atoms with E-state index in [0.717, 1.165) is 17.8 Å². The van der Waals surface area contributed by atoms with Crippen molar-refractivity contribution in [3.8, 4) is 0 Å². The van der Waals surface area contributed by atoms with Gasteiger partial charge in [0.05, 0.1) is 7.11 Å². The first-order valence-corrected chi connectivity index (χ1v) is 4.74. The van der Waals surface area contributed by atoms with Crippen molar-refractivity contribution in [1.82, 2.24) is 10.3 Å². The summed E-state index contributed by atoms with van der Waals surface area (Å²) in [7, 11) is 1.36. The Labute approximate surface area is 89.3 Å². The van der Waals surface area contributed by atoms with Gasteiger partial charge in [-0.25, -0.2) is 4.79 Å². The maximum absolute atomic E-state index is 11.1. The lowest BCUT2D eigenvalue weighted by atomic mass is 10.3. The molecule has 1 aromatic rings. The molecular formula is C11H16N2O2. The predicted molar refractivity (Wildman–Crippen MR) is 58.7 cm³/mol. The summed E-state index contributed by atoms with van der Waals surface area (Å²) >= 11 is 0. The molecule has 0 amide bonds. The highest BCUT2D eigenvalue weighted by molar-refractivity contribution is 5.87. The minimum atomic E-state index is -0.346. The van der Waals surface area contributed by atoms with Crippen LogP contribution >= 0.6 is 0 Å². The van der Waals surface area contributed by atoms with Crippen molar-refractivity contribution < 1.29 is 9.53 Å². The Hall–Kier alpha value is -1.55. The van der Waals surface area contributed by atoms with Crippen molar-refractivity contribution in [2.24, 2.45) is 0 Å².